The Morgan fingerprint density at radius 3 is 2.76 bits per heavy atom. The highest BCUT2D eigenvalue weighted by Gasteiger charge is 2.05. The van der Waals surface area contributed by atoms with Crippen molar-refractivity contribution in [1.82, 2.24) is 9.88 Å². The van der Waals surface area contributed by atoms with Crippen molar-refractivity contribution in [2.75, 3.05) is 6.54 Å². The van der Waals surface area contributed by atoms with Gasteiger partial charge in [-0.2, -0.15) is 0 Å². The number of amides is 2. The molecule has 1 aromatic heterocycles. The molecule has 0 spiro atoms. The van der Waals surface area contributed by atoms with Gasteiger partial charge in [0.25, 0.3) is 0 Å². The Labute approximate surface area is 102 Å². The molecule has 7 heteroatoms. The minimum atomic E-state index is -0.566. The number of carbonyl (C=O) groups is 2. The average Bonchev–Trinajstić information content (AvgIpc) is 2.57. The summed E-state index contributed by atoms with van der Waals surface area (Å²) < 4.78 is 1.63. The highest BCUT2D eigenvalue weighted by atomic mass is 32.1. The van der Waals surface area contributed by atoms with Crippen molar-refractivity contribution in [2.45, 2.75) is 26.3 Å². The molecule has 0 atom stereocenters. The number of rotatable bonds is 6. The van der Waals surface area contributed by atoms with Crippen LogP contribution in [0.5, 0.6) is 0 Å². The van der Waals surface area contributed by atoms with Gasteiger partial charge in [0.15, 0.2) is 0 Å². The Bertz CT molecular complexity index is 464. The molecular formula is C10H15N3O3S. The molecular weight excluding hydrogens is 242 g/mol. The van der Waals surface area contributed by atoms with Gasteiger partial charge in [-0.1, -0.05) is 11.3 Å². The normalized spacial score (nSPS) is 10.2. The molecule has 3 N–H and O–H groups in total. The number of hydrogen-bond acceptors (Lipinski definition) is 4. The minimum absolute atomic E-state index is 0.0138. The third-order valence-corrected chi connectivity index (χ3v) is 3.10. The van der Waals surface area contributed by atoms with E-state index in [1.165, 1.54) is 0 Å². The van der Waals surface area contributed by atoms with E-state index < -0.39 is 5.91 Å². The average molecular weight is 257 g/mol. The second-order valence-electron chi connectivity index (χ2n) is 3.64. The standard InChI is InChI=1S/C10H15N3O3S/c1-7-6-17-10(16)13(7)4-2-3-9(15)12-5-8(11)14/h6H,2-5H2,1H3,(H2,11,14)(H,12,15). The highest BCUT2D eigenvalue weighted by Crippen LogP contribution is 2.02. The third-order valence-electron chi connectivity index (χ3n) is 2.22. The predicted molar refractivity (Wildman–Crippen MR) is 64.8 cm³/mol. The first-order valence-corrected chi connectivity index (χ1v) is 6.08. The molecule has 2 amide bonds. The van der Waals surface area contributed by atoms with Gasteiger partial charge in [-0.05, 0) is 13.3 Å². The highest BCUT2D eigenvalue weighted by molar-refractivity contribution is 7.07. The molecule has 0 aliphatic heterocycles. The molecule has 0 saturated carbocycles. The topological polar surface area (TPSA) is 94.2 Å². The molecule has 1 rings (SSSR count). The Balaban J connectivity index is 2.31. The number of aryl methyl sites for hydroxylation is 1. The number of carbonyl (C=O) groups excluding carboxylic acids is 2. The van der Waals surface area contributed by atoms with Gasteiger partial charge >= 0.3 is 4.87 Å². The Morgan fingerprint density at radius 1 is 1.53 bits per heavy atom. The fourth-order valence-electron chi connectivity index (χ4n) is 1.35. The van der Waals surface area contributed by atoms with Crippen molar-refractivity contribution >= 4 is 23.2 Å². The van der Waals surface area contributed by atoms with Gasteiger partial charge < -0.3 is 15.6 Å². The SMILES string of the molecule is Cc1csc(=O)n1CCCC(=O)NCC(N)=O. The Kier molecular flexibility index (Phi) is 4.89. The first-order chi connectivity index (χ1) is 8.00. The van der Waals surface area contributed by atoms with E-state index in [1.54, 1.807) is 9.95 Å². The van der Waals surface area contributed by atoms with Crippen LogP contribution in [0.1, 0.15) is 18.5 Å². The fraction of sp³-hybridized carbons (Fsp3) is 0.500. The van der Waals surface area contributed by atoms with E-state index in [2.05, 4.69) is 5.32 Å². The Hall–Kier alpha value is -1.63. The quantitative estimate of drug-likeness (QED) is 0.726. The fourth-order valence-corrected chi connectivity index (χ4v) is 2.11. The molecule has 0 aliphatic carbocycles. The zero-order valence-electron chi connectivity index (χ0n) is 9.56. The molecule has 1 heterocycles. The van der Waals surface area contributed by atoms with Crippen LogP contribution in [-0.4, -0.2) is 22.9 Å². The summed E-state index contributed by atoms with van der Waals surface area (Å²) in [6, 6.07) is 0. The molecule has 1 aromatic rings. The molecule has 0 fully saturated rings. The van der Waals surface area contributed by atoms with Crippen LogP contribution in [0.2, 0.25) is 0 Å². The van der Waals surface area contributed by atoms with Crippen molar-refractivity contribution in [3.05, 3.63) is 20.7 Å². The van der Waals surface area contributed by atoms with E-state index in [9.17, 15) is 14.4 Å². The van der Waals surface area contributed by atoms with Crippen molar-refractivity contribution < 1.29 is 9.59 Å². The summed E-state index contributed by atoms with van der Waals surface area (Å²) in [6.45, 7) is 2.22. The summed E-state index contributed by atoms with van der Waals surface area (Å²) in [6.07, 6.45) is 0.830. The lowest BCUT2D eigenvalue weighted by Crippen LogP contribution is -2.33. The zero-order valence-corrected chi connectivity index (χ0v) is 10.4. The number of hydrogen-bond donors (Lipinski definition) is 2. The maximum absolute atomic E-state index is 11.4. The molecule has 0 radical (unpaired) electrons. The van der Waals surface area contributed by atoms with Crippen LogP contribution in [-0.2, 0) is 16.1 Å². The lowest BCUT2D eigenvalue weighted by Gasteiger charge is -2.04. The molecule has 0 aliphatic rings. The summed E-state index contributed by atoms with van der Waals surface area (Å²) in [7, 11) is 0. The number of thiazole rings is 1. The van der Waals surface area contributed by atoms with Gasteiger partial charge in [-0.3, -0.25) is 14.4 Å². The number of nitrogens with one attached hydrogen (secondary N) is 1. The molecule has 0 saturated heterocycles. The van der Waals surface area contributed by atoms with E-state index in [0.717, 1.165) is 17.0 Å². The second kappa shape index (κ2) is 6.19. The van der Waals surface area contributed by atoms with Crippen LogP contribution in [0, 0.1) is 6.92 Å². The summed E-state index contributed by atoms with van der Waals surface area (Å²) in [5, 5.41) is 4.18. The van der Waals surface area contributed by atoms with E-state index in [4.69, 9.17) is 5.73 Å². The zero-order chi connectivity index (χ0) is 12.8. The molecule has 0 aromatic carbocycles. The predicted octanol–water partition coefficient (Wildman–Crippen LogP) is -0.400. The summed E-state index contributed by atoms with van der Waals surface area (Å²) in [4.78, 5) is 33.0. The summed E-state index contributed by atoms with van der Waals surface area (Å²) >= 11 is 1.15. The van der Waals surface area contributed by atoms with Crippen molar-refractivity contribution in [2.24, 2.45) is 5.73 Å². The minimum Gasteiger partial charge on any atom is -0.368 e. The van der Waals surface area contributed by atoms with E-state index in [0.29, 0.717) is 13.0 Å². The second-order valence-corrected chi connectivity index (χ2v) is 4.46. The van der Waals surface area contributed by atoms with Crippen LogP contribution in [0.25, 0.3) is 0 Å². The van der Waals surface area contributed by atoms with Gasteiger partial charge in [0.05, 0.1) is 6.54 Å². The lowest BCUT2D eigenvalue weighted by atomic mass is 10.3. The number of primary amides is 1. The maximum Gasteiger partial charge on any atom is 0.307 e. The lowest BCUT2D eigenvalue weighted by molar-refractivity contribution is -0.124. The van der Waals surface area contributed by atoms with Gasteiger partial charge in [-0.15, -0.1) is 0 Å². The number of nitrogens with zero attached hydrogens (tertiary/aromatic N) is 1. The van der Waals surface area contributed by atoms with Crippen LogP contribution in [0.4, 0.5) is 0 Å². The van der Waals surface area contributed by atoms with Gasteiger partial charge in [0.1, 0.15) is 0 Å². The monoisotopic (exact) mass is 257 g/mol. The van der Waals surface area contributed by atoms with Crippen LogP contribution in [0.3, 0.4) is 0 Å². The first kappa shape index (κ1) is 13.4. The van der Waals surface area contributed by atoms with E-state index in [-0.39, 0.29) is 23.7 Å². The third kappa shape index (κ3) is 4.39. The van der Waals surface area contributed by atoms with E-state index >= 15 is 0 Å². The van der Waals surface area contributed by atoms with Crippen molar-refractivity contribution in [3.8, 4) is 0 Å². The van der Waals surface area contributed by atoms with Crippen LogP contribution in [0.15, 0.2) is 10.2 Å². The molecule has 6 nitrogen and oxygen atoms in total. The molecule has 17 heavy (non-hydrogen) atoms. The van der Waals surface area contributed by atoms with Gasteiger partial charge in [-0.25, -0.2) is 0 Å². The van der Waals surface area contributed by atoms with Crippen molar-refractivity contribution in [3.63, 3.8) is 0 Å². The summed E-state index contributed by atoms with van der Waals surface area (Å²) in [5.74, 6) is -0.798. The Morgan fingerprint density at radius 2 is 2.24 bits per heavy atom. The molecule has 94 valence electrons. The first-order valence-electron chi connectivity index (χ1n) is 5.20. The summed E-state index contributed by atoms with van der Waals surface area (Å²) in [5.41, 5.74) is 5.79. The number of aromatic nitrogens is 1. The largest absolute Gasteiger partial charge is 0.368 e. The molecule has 0 unspecified atom stereocenters. The smallest absolute Gasteiger partial charge is 0.307 e. The van der Waals surface area contributed by atoms with Crippen LogP contribution < -0.4 is 15.9 Å². The van der Waals surface area contributed by atoms with Crippen molar-refractivity contribution in [1.29, 1.82) is 0 Å². The molecule has 0 bridgehead atoms. The van der Waals surface area contributed by atoms with Gasteiger partial charge in [0.2, 0.25) is 11.8 Å². The van der Waals surface area contributed by atoms with Crippen LogP contribution >= 0.6 is 11.3 Å². The van der Waals surface area contributed by atoms with Gasteiger partial charge in [0, 0.05) is 24.0 Å². The number of nitrogens with two attached hydrogens (primary N) is 1. The maximum atomic E-state index is 11.4. The van der Waals surface area contributed by atoms with E-state index in [1.807, 2.05) is 6.92 Å².